The molecule has 25 heavy (non-hydrogen) atoms. The molecule has 0 radical (unpaired) electrons. The second kappa shape index (κ2) is 6.14. The van der Waals surface area contributed by atoms with Crippen molar-refractivity contribution in [3.8, 4) is 5.75 Å². The van der Waals surface area contributed by atoms with Crippen LogP contribution in [0.4, 0.5) is 0 Å². The van der Waals surface area contributed by atoms with Crippen LogP contribution in [-0.2, 0) is 10.0 Å². The lowest BCUT2D eigenvalue weighted by molar-refractivity contribution is 0.0956. The van der Waals surface area contributed by atoms with Crippen molar-refractivity contribution in [2.75, 3.05) is 0 Å². The third-order valence-corrected chi connectivity index (χ3v) is 7.53. The molecule has 2 fully saturated rings. The zero-order valence-electron chi connectivity index (χ0n) is 14.5. The Morgan fingerprint density at radius 2 is 1.76 bits per heavy atom. The molecule has 1 unspecified atom stereocenters. The number of sulfonamides is 1. The van der Waals surface area contributed by atoms with Gasteiger partial charge < -0.3 is 4.74 Å². The number of para-hydroxylation sites is 1. The number of hydrogen-bond acceptors (Lipinski definition) is 4. The quantitative estimate of drug-likeness (QED) is 0.909. The van der Waals surface area contributed by atoms with Gasteiger partial charge in [0.15, 0.2) is 0 Å². The topological polar surface area (TPSA) is 75.3 Å². The first kappa shape index (κ1) is 16.6. The van der Waals surface area contributed by atoms with Crippen molar-refractivity contribution in [2.24, 2.45) is 0 Å². The Labute approximate surface area is 148 Å². The van der Waals surface area contributed by atoms with Gasteiger partial charge in [0.25, 0.3) is 0 Å². The summed E-state index contributed by atoms with van der Waals surface area (Å²) in [4.78, 5) is 0.340. The molecule has 2 saturated heterocycles. The number of H-pyrrole nitrogens is 1. The largest absolute Gasteiger partial charge is 0.490 e. The van der Waals surface area contributed by atoms with E-state index in [2.05, 4.69) is 10.2 Å². The highest BCUT2D eigenvalue weighted by molar-refractivity contribution is 7.89. The summed E-state index contributed by atoms with van der Waals surface area (Å²) in [7, 11) is -3.53. The van der Waals surface area contributed by atoms with E-state index < -0.39 is 10.0 Å². The number of aromatic nitrogens is 2. The fourth-order valence-corrected chi connectivity index (χ4v) is 6.52. The lowest BCUT2D eigenvalue weighted by Crippen LogP contribution is -2.49. The number of fused-ring (bicyclic) bond motifs is 2. The van der Waals surface area contributed by atoms with Crippen LogP contribution in [0, 0.1) is 13.8 Å². The Morgan fingerprint density at radius 1 is 1.12 bits per heavy atom. The number of hydrogen-bond donors (Lipinski definition) is 1. The van der Waals surface area contributed by atoms with Gasteiger partial charge in [-0.3, -0.25) is 5.10 Å². The predicted molar refractivity (Wildman–Crippen MR) is 94.0 cm³/mol. The molecular formula is C18H23N3O3S. The second-order valence-electron chi connectivity index (χ2n) is 7.01. The Morgan fingerprint density at radius 3 is 2.32 bits per heavy atom. The minimum atomic E-state index is -3.53. The maximum absolute atomic E-state index is 13.2. The molecule has 2 bridgehead atoms. The molecule has 0 spiro atoms. The molecule has 6 nitrogen and oxygen atoms in total. The number of piperidine rings is 1. The fraction of sp³-hybridized carbons (Fsp3) is 0.500. The zero-order valence-corrected chi connectivity index (χ0v) is 15.3. The van der Waals surface area contributed by atoms with E-state index in [-0.39, 0.29) is 18.2 Å². The van der Waals surface area contributed by atoms with Gasteiger partial charge >= 0.3 is 0 Å². The average Bonchev–Trinajstić information content (AvgIpc) is 3.06. The van der Waals surface area contributed by atoms with Crippen LogP contribution < -0.4 is 4.74 Å². The van der Waals surface area contributed by atoms with E-state index in [1.807, 2.05) is 30.3 Å². The summed E-state index contributed by atoms with van der Waals surface area (Å²) in [5.74, 6) is 0.852. The van der Waals surface area contributed by atoms with Crippen LogP contribution >= 0.6 is 0 Å². The molecule has 3 heterocycles. The minimum absolute atomic E-state index is 0.00571. The van der Waals surface area contributed by atoms with Gasteiger partial charge in [-0.05, 0) is 38.8 Å². The molecule has 1 N–H and O–H groups in total. The standard InChI is InChI=1S/C18H23N3O3S/c1-12-18(13(2)20-19-12)25(22,23)21-14-8-9-15(21)11-17(10-14)24-16-6-4-3-5-7-16/h3-7,14-15,17H,8-11H2,1-2H3,(H,19,20)/t14-,15+,17?. The smallest absolute Gasteiger partial charge is 0.247 e. The van der Waals surface area contributed by atoms with Crippen LogP contribution in [-0.4, -0.2) is 41.1 Å². The summed E-state index contributed by atoms with van der Waals surface area (Å²) >= 11 is 0. The van der Waals surface area contributed by atoms with E-state index in [4.69, 9.17) is 4.74 Å². The Bertz CT molecular complexity index is 829. The summed E-state index contributed by atoms with van der Waals surface area (Å²) in [6.07, 6.45) is 3.34. The highest BCUT2D eigenvalue weighted by Crippen LogP contribution is 2.41. The molecule has 2 aliphatic rings. The molecule has 1 aromatic heterocycles. The van der Waals surface area contributed by atoms with Crippen LogP contribution in [0.5, 0.6) is 5.75 Å². The van der Waals surface area contributed by atoms with Crippen molar-refractivity contribution in [3.63, 3.8) is 0 Å². The normalized spacial score (nSPS) is 26.7. The maximum atomic E-state index is 13.2. The van der Waals surface area contributed by atoms with E-state index in [1.54, 1.807) is 18.2 Å². The molecule has 2 aromatic rings. The number of aromatic amines is 1. The van der Waals surface area contributed by atoms with Gasteiger partial charge in [-0.2, -0.15) is 9.40 Å². The van der Waals surface area contributed by atoms with E-state index in [0.717, 1.165) is 31.4 Å². The van der Waals surface area contributed by atoms with Crippen LogP contribution in [0.1, 0.15) is 37.1 Å². The number of aryl methyl sites for hydroxylation is 2. The van der Waals surface area contributed by atoms with Crippen molar-refractivity contribution in [1.29, 1.82) is 0 Å². The SMILES string of the molecule is Cc1n[nH]c(C)c1S(=O)(=O)N1[C@@H]2CC[C@H]1CC(Oc1ccccc1)C2. The van der Waals surface area contributed by atoms with Gasteiger partial charge in [-0.1, -0.05) is 18.2 Å². The Hall–Kier alpha value is -1.86. The molecule has 2 aliphatic heterocycles. The van der Waals surface area contributed by atoms with Gasteiger partial charge in [-0.25, -0.2) is 8.42 Å². The molecule has 0 saturated carbocycles. The van der Waals surface area contributed by atoms with Crippen LogP contribution in [0.3, 0.4) is 0 Å². The summed E-state index contributed by atoms with van der Waals surface area (Å²) < 4.78 is 34.3. The van der Waals surface area contributed by atoms with Gasteiger partial charge in [0.2, 0.25) is 10.0 Å². The van der Waals surface area contributed by atoms with E-state index in [0.29, 0.717) is 16.3 Å². The number of rotatable bonds is 4. The van der Waals surface area contributed by atoms with Crippen molar-refractivity contribution in [2.45, 2.75) is 62.6 Å². The lowest BCUT2D eigenvalue weighted by atomic mass is 10.0. The number of nitrogens with one attached hydrogen (secondary N) is 1. The summed E-state index contributed by atoms with van der Waals surface area (Å²) in [5, 5.41) is 6.86. The monoisotopic (exact) mass is 361 g/mol. The minimum Gasteiger partial charge on any atom is -0.490 e. The first-order chi connectivity index (χ1) is 12.0. The van der Waals surface area contributed by atoms with E-state index in [9.17, 15) is 8.42 Å². The maximum Gasteiger partial charge on any atom is 0.247 e. The Kier molecular flexibility index (Phi) is 4.08. The molecule has 4 rings (SSSR count). The average molecular weight is 361 g/mol. The summed E-state index contributed by atoms with van der Waals surface area (Å²) in [6.45, 7) is 3.50. The zero-order chi connectivity index (χ0) is 17.6. The predicted octanol–water partition coefficient (Wildman–Crippen LogP) is 2.79. The van der Waals surface area contributed by atoms with Gasteiger partial charge in [-0.15, -0.1) is 0 Å². The van der Waals surface area contributed by atoms with Crippen molar-refractivity contribution >= 4 is 10.0 Å². The molecule has 0 amide bonds. The van der Waals surface area contributed by atoms with Crippen molar-refractivity contribution < 1.29 is 13.2 Å². The lowest BCUT2D eigenvalue weighted by Gasteiger charge is -2.37. The van der Waals surface area contributed by atoms with Crippen molar-refractivity contribution in [1.82, 2.24) is 14.5 Å². The van der Waals surface area contributed by atoms with Crippen LogP contribution in [0.15, 0.2) is 35.2 Å². The van der Waals surface area contributed by atoms with Gasteiger partial charge in [0.1, 0.15) is 16.7 Å². The highest BCUT2D eigenvalue weighted by atomic mass is 32.2. The van der Waals surface area contributed by atoms with Gasteiger partial charge in [0.05, 0.1) is 11.4 Å². The van der Waals surface area contributed by atoms with Crippen molar-refractivity contribution in [3.05, 3.63) is 41.7 Å². The first-order valence-electron chi connectivity index (χ1n) is 8.73. The molecule has 7 heteroatoms. The second-order valence-corrected chi connectivity index (χ2v) is 8.79. The summed E-state index contributed by atoms with van der Waals surface area (Å²) in [5.41, 5.74) is 1.15. The molecule has 1 aromatic carbocycles. The fourth-order valence-electron chi connectivity index (χ4n) is 4.29. The van der Waals surface area contributed by atoms with Gasteiger partial charge in [0, 0.05) is 24.9 Å². The molecule has 3 atom stereocenters. The van der Waals surface area contributed by atoms with Crippen LogP contribution in [0.25, 0.3) is 0 Å². The molecular weight excluding hydrogens is 338 g/mol. The van der Waals surface area contributed by atoms with E-state index in [1.165, 1.54) is 0 Å². The molecule has 134 valence electrons. The third-order valence-electron chi connectivity index (χ3n) is 5.26. The van der Waals surface area contributed by atoms with E-state index >= 15 is 0 Å². The first-order valence-corrected chi connectivity index (χ1v) is 10.2. The summed E-state index contributed by atoms with van der Waals surface area (Å²) in [6, 6.07) is 9.77. The number of benzene rings is 1. The number of nitrogens with zero attached hydrogens (tertiary/aromatic N) is 2. The number of ether oxygens (including phenoxy) is 1. The third kappa shape index (κ3) is 2.85. The highest BCUT2D eigenvalue weighted by Gasteiger charge is 2.48. The molecule has 0 aliphatic carbocycles. The van der Waals surface area contributed by atoms with Crippen LogP contribution in [0.2, 0.25) is 0 Å². The Balaban J connectivity index is 1.57.